The lowest BCUT2D eigenvalue weighted by Crippen LogP contribution is -2.40. The molecule has 1 N–H and O–H groups in total. The van der Waals surface area contributed by atoms with Gasteiger partial charge in [0.1, 0.15) is 0 Å². The summed E-state index contributed by atoms with van der Waals surface area (Å²) in [4.78, 5) is 18.2. The molecule has 1 aliphatic heterocycles. The number of benzene rings is 2. The maximum absolute atomic E-state index is 12.7. The first kappa shape index (κ1) is 17.3. The third-order valence-corrected chi connectivity index (χ3v) is 4.67. The van der Waals surface area contributed by atoms with E-state index in [1.807, 2.05) is 48.7 Å². The Bertz CT molecular complexity index is 982. The SMILES string of the molecule is CC1(C(=O)Nc2ccc(-n3cccn3)cc2)CC(c2ccc(Cl)cc2)=NO1. The number of carbonyl (C=O) groups excluding carboxylic acids is 1. The number of hydrogen-bond acceptors (Lipinski definition) is 4. The van der Waals surface area contributed by atoms with Gasteiger partial charge in [0.05, 0.1) is 11.4 Å². The van der Waals surface area contributed by atoms with Crippen LogP contribution in [-0.4, -0.2) is 27.0 Å². The van der Waals surface area contributed by atoms with E-state index in [0.717, 1.165) is 17.0 Å². The summed E-state index contributed by atoms with van der Waals surface area (Å²) in [5.74, 6) is -0.248. The zero-order valence-electron chi connectivity index (χ0n) is 14.6. The van der Waals surface area contributed by atoms with Gasteiger partial charge >= 0.3 is 0 Å². The fourth-order valence-electron chi connectivity index (χ4n) is 2.84. The third-order valence-electron chi connectivity index (χ3n) is 4.41. The molecule has 1 aromatic heterocycles. The Morgan fingerprint density at radius 3 is 2.59 bits per heavy atom. The van der Waals surface area contributed by atoms with E-state index >= 15 is 0 Å². The molecule has 1 unspecified atom stereocenters. The summed E-state index contributed by atoms with van der Waals surface area (Å²) < 4.78 is 1.75. The quantitative estimate of drug-likeness (QED) is 0.742. The van der Waals surface area contributed by atoms with E-state index in [-0.39, 0.29) is 5.91 Å². The number of aromatic nitrogens is 2. The Labute approximate surface area is 161 Å². The predicted octanol–water partition coefficient (Wildman–Crippen LogP) is 4.05. The number of hydrogen-bond donors (Lipinski definition) is 1. The molecule has 1 aliphatic rings. The molecule has 2 aromatic carbocycles. The predicted molar refractivity (Wildman–Crippen MR) is 104 cm³/mol. The number of anilines is 1. The van der Waals surface area contributed by atoms with Crippen LogP contribution in [0.2, 0.25) is 5.02 Å². The number of rotatable bonds is 4. The fourth-order valence-corrected chi connectivity index (χ4v) is 2.97. The lowest BCUT2D eigenvalue weighted by Gasteiger charge is -2.20. The van der Waals surface area contributed by atoms with Crippen LogP contribution < -0.4 is 5.32 Å². The van der Waals surface area contributed by atoms with E-state index in [4.69, 9.17) is 16.4 Å². The molecule has 27 heavy (non-hydrogen) atoms. The van der Waals surface area contributed by atoms with Crippen molar-refractivity contribution in [2.24, 2.45) is 5.16 Å². The van der Waals surface area contributed by atoms with Gasteiger partial charge in [-0.1, -0.05) is 28.9 Å². The summed E-state index contributed by atoms with van der Waals surface area (Å²) >= 11 is 5.92. The molecule has 6 nitrogen and oxygen atoms in total. The van der Waals surface area contributed by atoms with Crippen molar-refractivity contribution in [3.8, 4) is 5.69 Å². The van der Waals surface area contributed by atoms with Gasteiger partial charge in [-0.05, 0) is 55.0 Å². The van der Waals surface area contributed by atoms with Gasteiger partial charge in [-0.3, -0.25) is 4.79 Å². The van der Waals surface area contributed by atoms with Crippen molar-refractivity contribution in [3.05, 3.63) is 77.6 Å². The first-order valence-electron chi connectivity index (χ1n) is 8.46. The zero-order valence-corrected chi connectivity index (χ0v) is 15.3. The molecular formula is C20H17ClN4O2. The lowest BCUT2D eigenvalue weighted by atomic mass is 9.95. The first-order chi connectivity index (χ1) is 13.0. The van der Waals surface area contributed by atoms with Crippen LogP contribution >= 0.6 is 11.6 Å². The highest BCUT2D eigenvalue weighted by Gasteiger charge is 2.42. The van der Waals surface area contributed by atoms with E-state index in [2.05, 4.69) is 15.6 Å². The summed E-state index contributed by atoms with van der Waals surface area (Å²) in [6.45, 7) is 1.73. The molecule has 0 bridgehead atoms. The standard InChI is InChI=1S/C20H17ClN4O2/c1-20(13-18(24-27-20)14-3-5-15(21)6-4-14)19(26)23-16-7-9-17(10-8-16)25-12-2-11-22-25/h2-12H,13H2,1H3,(H,23,26). The van der Waals surface area contributed by atoms with Crippen molar-refractivity contribution in [1.29, 1.82) is 0 Å². The van der Waals surface area contributed by atoms with Crippen LogP contribution in [-0.2, 0) is 9.63 Å². The van der Waals surface area contributed by atoms with Crippen LogP contribution in [0.25, 0.3) is 5.69 Å². The molecule has 1 atom stereocenters. The Morgan fingerprint density at radius 1 is 1.19 bits per heavy atom. The van der Waals surface area contributed by atoms with Gasteiger partial charge in [-0.25, -0.2) is 4.68 Å². The second-order valence-electron chi connectivity index (χ2n) is 6.50. The number of oxime groups is 1. The maximum atomic E-state index is 12.7. The van der Waals surface area contributed by atoms with Crippen LogP contribution in [0.1, 0.15) is 18.9 Å². The summed E-state index contributed by atoms with van der Waals surface area (Å²) in [7, 11) is 0. The molecular weight excluding hydrogens is 364 g/mol. The Morgan fingerprint density at radius 2 is 1.93 bits per heavy atom. The highest BCUT2D eigenvalue weighted by atomic mass is 35.5. The molecule has 4 rings (SSSR count). The van der Waals surface area contributed by atoms with Gasteiger partial charge in [-0.15, -0.1) is 0 Å². The van der Waals surface area contributed by atoms with Gasteiger partial charge in [-0.2, -0.15) is 5.10 Å². The number of carbonyl (C=O) groups is 1. The van der Waals surface area contributed by atoms with E-state index in [9.17, 15) is 4.79 Å². The average Bonchev–Trinajstić information content (AvgIpc) is 3.34. The largest absolute Gasteiger partial charge is 0.379 e. The third kappa shape index (κ3) is 3.57. The van der Waals surface area contributed by atoms with Crippen molar-refractivity contribution < 1.29 is 9.63 Å². The van der Waals surface area contributed by atoms with Gasteiger partial charge in [0.25, 0.3) is 5.91 Å². The molecule has 0 radical (unpaired) electrons. The minimum absolute atomic E-state index is 0.248. The van der Waals surface area contributed by atoms with Gasteiger partial charge in [0.2, 0.25) is 5.60 Å². The van der Waals surface area contributed by atoms with Gasteiger partial charge in [0, 0.05) is 29.5 Å². The second-order valence-corrected chi connectivity index (χ2v) is 6.93. The average molecular weight is 381 g/mol. The summed E-state index contributed by atoms with van der Waals surface area (Å²) in [6, 6.07) is 16.6. The summed E-state index contributed by atoms with van der Waals surface area (Å²) in [5, 5.41) is 11.8. The highest BCUT2D eigenvalue weighted by molar-refractivity contribution is 6.30. The Balaban J connectivity index is 1.43. The van der Waals surface area contributed by atoms with Crippen molar-refractivity contribution >= 4 is 28.9 Å². The topological polar surface area (TPSA) is 68.5 Å². The molecule has 2 heterocycles. The summed E-state index contributed by atoms with van der Waals surface area (Å²) in [6.07, 6.45) is 3.95. The highest BCUT2D eigenvalue weighted by Crippen LogP contribution is 2.28. The lowest BCUT2D eigenvalue weighted by molar-refractivity contribution is -0.135. The minimum atomic E-state index is -1.06. The number of nitrogens with zero attached hydrogens (tertiary/aromatic N) is 3. The molecule has 136 valence electrons. The Kier molecular flexibility index (Phi) is 4.41. The van der Waals surface area contributed by atoms with Gasteiger partial charge < -0.3 is 10.2 Å². The molecule has 3 aromatic rings. The monoisotopic (exact) mass is 380 g/mol. The van der Waals surface area contributed by atoms with E-state index < -0.39 is 5.60 Å². The molecule has 0 spiro atoms. The number of halogens is 1. The van der Waals surface area contributed by atoms with Crippen LogP contribution in [0, 0.1) is 0 Å². The summed E-state index contributed by atoms with van der Waals surface area (Å²) in [5.41, 5.74) is 2.14. The van der Waals surface area contributed by atoms with Crippen LogP contribution in [0.3, 0.4) is 0 Å². The van der Waals surface area contributed by atoms with Crippen LogP contribution in [0.15, 0.2) is 72.1 Å². The van der Waals surface area contributed by atoms with Crippen LogP contribution in [0.4, 0.5) is 5.69 Å². The van der Waals surface area contributed by atoms with Crippen molar-refractivity contribution in [2.45, 2.75) is 18.9 Å². The van der Waals surface area contributed by atoms with Crippen molar-refractivity contribution in [1.82, 2.24) is 9.78 Å². The minimum Gasteiger partial charge on any atom is -0.379 e. The van der Waals surface area contributed by atoms with E-state index in [0.29, 0.717) is 17.1 Å². The van der Waals surface area contributed by atoms with Crippen LogP contribution in [0.5, 0.6) is 0 Å². The number of nitrogens with one attached hydrogen (secondary N) is 1. The Hall–Kier alpha value is -3.12. The molecule has 0 saturated heterocycles. The first-order valence-corrected chi connectivity index (χ1v) is 8.84. The molecule has 0 fully saturated rings. The smallest absolute Gasteiger partial charge is 0.271 e. The maximum Gasteiger partial charge on any atom is 0.271 e. The molecule has 0 saturated carbocycles. The second kappa shape index (κ2) is 6.89. The van der Waals surface area contributed by atoms with Crippen molar-refractivity contribution in [2.75, 3.05) is 5.32 Å². The van der Waals surface area contributed by atoms with E-state index in [1.54, 1.807) is 29.9 Å². The van der Waals surface area contributed by atoms with Gasteiger partial charge in [0.15, 0.2) is 0 Å². The van der Waals surface area contributed by atoms with Crippen molar-refractivity contribution in [3.63, 3.8) is 0 Å². The zero-order chi connectivity index (χ0) is 18.9. The normalized spacial score (nSPS) is 18.7. The molecule has 1 amide bonds. The molecule has 7 heteroatoms. The fraction of sp³-hybridized carbons (Fsp3) is 0.150. The number of amides is 1. The van der Waals surface area contributed by atoms with E-state index in [1.165, 1.54) is 0 Å². The molecule has 0 aliphatic carbocycles.